The number of hydrogen-bond acceptors (Lipinski definition) is 2. The first-order valence-corrected chi connectivity index (χ1v) is 5.65. The number of fused-ring (bicyclic) bond motifs is 1. The molecule has 0 radical (unpaired) electrons. The van der Waals surface area contributed by atoms with E-state index in [1.807, 2.05) is 0 Å². The van der Waals surface area contributed by atoms with Crippen LogP contribution in [0.25, 0.3) is 0 Å². The van der Waals surface area contributed by atoms with E-state index < -0.39 is 0 Å². The molecule has 2 heteroatoms. The van der Waals surface area contributed by atoms with Crippen LogP contribution in [-0.2, 0) is 5.41 Å². The largest absolute Gasteiger partial charge is 0.490 e. The van der Waals surface area contributed by atoms with Crippen molar-refractivity contribution in [2.45, 2.75) is 32.6 Å². The van der Waals surface area contributed by atoms with Gasteiger partial charge in [-0.05, 0) is 29.5 Å². The molecule has 1 aliphatic heterocycles. The summed E-state index contributed by atoms with van der Waals surface area (Å²) in [5.41, 5.74) is 2.76. The van der Waals surface area contributed by atoms with E-state index in [1.165, 1.54) is 5.56 Å². The minimum atomic E-state index is 0.244. The van der Waals surface area contributed by atoms with Crippen molar-refractivity contribution >= 4 is 5.69 Å². The first-order chi connectivity index (χ1) is 7.13. The molecule has 82 valence electrons. The summed E-state index contributed by atoms with van der Waals surface area (Å²) in [6.45, 7) is 8.45. The molecule has 0 saturated carbocycles. The number of benzene rings is 1. The Labute approximate surface area is 91.6 Å². The minimum absolute atomic E-state index is 0.244. The average Bonchev–Trinajstić information content (AvgIpc) is 2.28. The number of rotatable bonds is 2. The summed E-state index contributed by atoms with van der Waals surface area (Å²) in [5.74, 6) is 0.983. The van der Waals surface area contributed by atoms with Crippen LogP contribution in [-0.4, -0.2) is 13.2 Å². The third-order valence-electron chi connectivity index (χ3n) is 3.32. The Balaban J connectivity index is 2.36. The van der Waals surface area contributed by atoms with Crippen LogP contribution in [0.1, 0.15) is 32.8 Å². The fourth-order valence-corrected chi connectivity index (χ4v) is 1.77. The van der Waals surface area contributed by atoms with Gasteiger partial charge in [0.1, 0.15) is 12.4 Å². The lowest BCUT2D eigenvalue weighted by atomic mass is 9.82. The van der Waals surface area contributed by atoms with E-state index in [4.69, 9.17) is 4.74 Å². The standard InChI is InChI=1S/C13H19NO/c1-4-13(2,3)10-5-6-12-11(9-10)14-7-8-15-12/h5-6,9,14H,4,7-8H2,1-3H3. The molecule has 0 fully saturated rings. The summed E-state index contributed by atoms with van der Waals surface area (Å²) in [6.07, 6.45) is 1.15. The van der Waals surface area contributed by atoms with Crippen molar-refractivity contribution in [3.63, 3.8) is 0 Å². The molecule has 1 aromatic carbocycles. The van der Waals surface area contributed by atoms with Crippen LogP contribution in [0.2, 0.25) is 0 Å². The van der Waals surface area contributed by atoms with Crippen LogP contribution in [0.5, 0.6) is 5.75 Å². The van der Waals surface area contributed by atoms with Crippen molar-refractivity contribution in [3.05, 3.63) is 23.8 Å². The third kappa shape index (κ3) is 1.94. The van der Waals surface area contributed by atoms with Gasteiger partial charge in [-0.2, -0.15) is 0 Å². The van der Waals surface area contributed by atoms with Gasteiger partial charge < -0.3 is 10.1 Å². The number of hydrogen-bond donors (Lipinski definition) is 1. The second-order valence-corrected chi connectivity index (χ2v) is 4.72. The molecule has 0 bridgehead atoms. The van der Waals surface area contributed by atoms with Gasteiger partial charge in [0.05, 0.1) is 5.69 Å². The van der Waals surface area contributed by atoms with Gasteiger partial charge in [-0.1, -0.05) is 26.8 Å². The molecule has 0 saturated heterocycles. The zero-order valence-electron chi connectivity index (χ0n) is 9.76. The van der Waals surface area contributed by atoms with E-state index in [1.54, 1.807) is 0 Å². The Hall–Kier alpha value is -1.18. The fourth-order valence-electron chi connectivity index (χ4n) is 1.77. The Kier molecular flexibility index (Phi) is 2.59. The van der Waals surface area contributed by atoms with E-state index in [0.717, 1.165) is 31.0 Å². The summed E-state index contributed by atoms with van der Waals surface area (Å²) in [5, 5.41) is 3.37. The summed E-state index contributed by atoms with van der Waals surface area (Å²) in [6, 6.07) is 6.47. The number of ether oxygens (including phenoxy) is 1. The van der Waals surface area contributed by atoms with Crippen LogP contribution < -0.4 is 10.1 Å². The molecule has 1 aliphatic rings. The smallest absolute Gasteiger partial charge is 0.142 e. The maximum absolute atomic E-state index is 5.56. The van der Waals surface area contributed by atoms with E-state index in [0.29, 0.717) is 0 Å². The Morgan fingerprint density at radius 3 is 2.93 bits per heavy atom. The lowest BCUT2D eigenvalue weighted by Crippen LogP contribution is -2.20. The molecule has 1 aromatic rings. The molecular weight excluding hydrogens is 186 g/mol. The van der Waals surface area contributed by atoms with Crippen LogP contribution in [0.4, 0.5) is 5.69 Å². The zero-order chi connectivity index (χ0) is 10.9. The molecule has 0 aromatic heterocycles. The lowest BCUT2D eigenvalue weighted by Gasteiger charge is -2.26. The van der Waals surface area contributed by atoms with Crippen molar-refractivity contribution in [2.24, 2.45) is 0 Å². The summed E-state index contributed by atoms with van der Waals surface area (Å²) >= 11 is 0. The predicted molar refractivity (Wildman–Crippen MR) is 63.7 cm³/mol. The van der Waals surface area contributed by atoms with E-state index in [9.17, 15) is 0 Å². The maximum atomic E-state index is 5.56. The van der Waals surface area contributed by atoms with Gasteiger partial charge in [-0.15, -0.1) is 0 Å². The normalized spacial score (nSPS) is 15.1. The maximum Gasteiger partial charge on any atom is 0.142 e. The number of anilines is 1. The Morgan fingerprint density at radius 1 is 1.40 bits per heavy atom. The number of nitrogens with one attached hydrogen (secondary N) is 1. The first-order valence-electron chi connectivity index (χ1n) is 5.65. The summed E-state index contributed by atoms with van der Waals surface area (Å²) in [7, 11) is 0. The van der Waals surface area contributed by atoms with Gasteiger partial charge in [0.25, 0.3) is 0 Å². The Bertz CT molecular complexity index is 358. The second kappa shape index (κ2) is 3.76. The molecule has 1 heterocycles. The highest BCUT2D eigenvalue weighted by Gasteiger charge is 2.20. The van der Waals surface area contributed by atoms with Crippen LogP contribution in [0, 0.1) is 0 Å². The highest BCUT2D eigenvalue weighted by Crippen LogP contribution is 2.34. The van der Waals surface area contributed by atoms with Gasteiger partial charge in [0.2, 0.25) is 0 Å². The van der Waals surface area contributed by atoms with Gasteiger partial charge in [0.15, 0.2) is 0 Å². The van der Waals surface area contributed by atoms with E-state index in [2.05, 4.69) is 44.3 Å². The van der Waals surface area contributed by atoms with Crippen molar-refractivity contribution in [1.82, 2.24) is 0 Å². The third-order valence-corrected chi connectivity index (χ3v) is 3.32. The van der Waals surface area contributed by atoms with E-state index >= 15 is 0 Å². The predicted octanol–water partition coefficient (Wildman–Crippen LogP) is 3.18. The van der Waals surface area contributed by atoms with Crippen LogP contribution >= 0.6 is 0 Å². The monoisotopic (exact) mass is 205 g/mol. The quantitative estimate of drug-likeness (QED) is 0.800. The molecular formula is C13H19NO. The van der Waals surface area contributed by atoms with Crippen LogP contribution in [0.3, 0.4) is 0 Å². The molecule has 0 spiro atoms. The van der Waals surface area contributed by atoms with E-state index in [-0.39, 0.29) is 5.41 Å². The van der Waals surface area contributed by atoms with Crippen molar-refractivity contribution in [2.75, 3.05) is 18.5 Å². The molecule has 0 unspecified atom stereocenters. The molecule has 2 nitrogen and oxygen atoms in total. The van der Waals surface area contributed by atoms with Crippen LogP contribution in [0.15, 0.2) is 18.2 Å². The summed E-state index contributed by atoms with van der Waals surface area (Å²) in [4.78, 5) is 0. The second-order valence-electron chi connectivity index (χ2n) is 4.72. The first kappa shape index (κ1) is 10.3. The molecule has 1 N–H and O–H groups in total. The topological polar surface area (TPSA) is 21.3 Å². The SMILES string of the molecule is CCC(C)(C)c1ccc2c(c1)NCCO2. The van der Waals surface area contributed by atoms with Gasteiger partial charge in [-0.3, -0.25) is 0 Å². The average molecular weight is 205 g/mol. The van der Waals surface area contributed by atoms with Gasteiger partial charge in [0, 0.05) is 6.54 Å². The van der Waals surface area contributed by atoms with Crippen molar-refractivity contribution in [3.8, 4) is 5.75 Å². The lowest BCUT2D eigenvalue weighted by molar-refractivity contribution is 0.323. The molecule has 0 aliphatic carbocycles. The molecule has 2 rings (SSSR count). The molecule has 15 heavy (non-hydrogen) atoms. The minimum Gasteiger partial charge on any atom is -0.490 e. The van der Waals surface area contributed by atoms with Gasteiger partial charge >= 0.3 is 0 Å². The van der Waals surface area contributed by atoms with Crippen molar-refractivity contribution < 1.29 is 4.74 Å². The summed E-state index contributed by atoms with van der Waals surface area (Å²) < 4.78 is 5.56. The molecule has 0 atom stereocenters. The van der Waals surface area contributed by atoms with Gasteiger partial charge in [-0.25, -0.2) is 0 Å². The highest BCUT2D eigenvalue weighted by atomic mass is 16.5. The van der Waals surface area contributed by atoms with Crippen molar-refractivity contribution in [1.29, 1.82) is 0 Å². The Morgan fingerprint density at radius 2 is 2.20 bits per heavy atom. The highest BCUT2D eigenvalue weighted by molar-refractivity contribution is 5.60. The fraction of sp³-hybridized carbons (Fsp3) is 0.538. The zero-order valence-corrected chi connectivity index (χ0v) is 9.76. The molecule has 0 amide bonds.